The molecule has 0 aliphatic heterocycles. The van der Waals surface area contributed by atoms with Crippen LogP contribution in [-0.4, -0.2) is 11.5 Å². The number of alkyl halides is 3. The molecule has 3 N–H and O–H groups in total. The highest BCUT2D eigenvalue weighted by molar-refractivity contribution is 5.93. The van der Waals surface area contributed by atoms with Crippen LogP contribution in [0.2, 0.25) is 0 Å². The van der Waals surface area contributed by atoms with Crippen LogP contribution < -0.4 is 5.73 Å². The van der Waals surface area contributed by atoms with Gasteiger partial charge in [0.1, 0.15) is 0 Å². The molecule has 0 aliphatic carbocycles. The summed E-state index contributed by atoms with van der Waals surface area (Å²) in [5.41, 5.74) is 8.92. The number of aryl methyl sites for hydroxylation is 2. The molecule has 0 atom stereocenters. The van der Waals surface area contributed by atoms with Crippen LogP contribution in [0.3, 0.4) is 0 Å². The van der Waals surface area contributed by atoms with Crippen molar-refractivity contribution in [2.24, 2.45) is 5.73 Å². The van der Waals surface area contributed by atoms with Crippen LogP contribution in [0.1, 0.15) is 49.3 Å². The molecule has 3 rings (SSSR count). The third-order valence-corrected chi connectivity index (χ3v) is 5.21. The number of benzene rings is 2. The van der Waals surface area contributed by atoms with E-state index in [0.717, 1.165) is 60.2 Å². The molecule has 0 bridgehead atoms. The normalized spacial score (nSPS) is 12.0. The van der Waals surface area contributed by atoms with E-state index in [9.17, 15) is 13.2 Å². The Balaban J connectivity index is 2.20. The van der Waals surface area contributed by atoms with Gasteiger partial charge in [-0.3, -0.25) is 0 Å². The van der Waals surface area contributed by atoms with Gasteiger partial charge in [0.05, 0.1) is 11.3 Å². The van der Waals surface area contributed by atoms with Gasteiger partial charge in [-0.2, -0.15) is 13.2 Å². The number of rotatable bonds is 8. The summed E-state index contributed by atoms with van der Waals surface area (Å²) in [6.45, 7) is 2.72. The maximum atomic E-state index is 13.6. The van der Waals surface area contributed by atoms with Gasteiger partial charge in [-0.15, -0.1) is 0 Å². The Morgan fingerprint density at radius 2 is 1.71 bits per heavy atom. The molecule has 1 heterocycles. The Labute approximate surface area is 164 Å². The molecule has 28 heavy (non-hydrogen) atoms. The van der Waals surface area contributed by atoms with Crippen molar-refractivity contribution in [3.05, 3.63) is 59.2 Å². The van der Waals surface area contributed by atoms with E-state index in [1.807, 2.05) is 12.1 Å². The van der Waals surface area contributed by atoms with E-state index >= 15 is 0 Å². The highest BCUT2D eigenvalue weighted by atomic mass is 19.4. The molecule has 0 spiro atoms. The molecule has 5 heteroatoms. The maximum absolute atomic E-state index is 13.6. The van der Waals surface area contributed by atoms with Crippen molar-refractivity contribution >= 4 is 10.9 Å². The second kappa shape index (κ2) is 8.82. The molecule has 0 amide bonds. The quantitative estimate of drug-likeness (QED) is 0.426. The Hall–Kier alpha value is -2.27. The number of fused-ring (bicyclic) bond motifs is 1. The van der Waals surface area contributed by atoms with E-state index < -0.39 is 11.7 Å². The third-order valence-electron chi connectivity index (χ3n) is 5.21. The summed E-state index contributed by atoms with van der Waals surface area (Å²) < 4.78 is 40.9. The van der Waals surface area contributed by atoms with Crippen LogP contribution in [0.15, 0.2) is 42.5 Å². The second-order valence-corrected chi connectivity index (χ2v) is 7.21. The fourth-order valence-electron chi connectivity index (χ4n) is 3.79. The number of H-pyrrole nitrogens is 1. The molecule has 0 saturated heterocycles. The lowest BCUT2D eigenvalue weighted by atomic mass is 9.96. The summed E-state index contributed by atoms with van der Waals surface area (Å²) in [7, 11) is 0. The van der Waals surface area contributed by atoms with Gasteiger partial charge in [-0.1, -0.05) is 49.7 Å². The molecule has 2 aromatic carbocycles. The van der Waals surface area contributed by atoms with Gasteiger partial charge >= 0.3 is 6.18 Å². The van der Waals surface area contributed by atoms with E-state index in [-0.39, 0.29) is 5.56 Å². The van der Waals surface area contributed by atoms with Gasteiger partial charge in [-0.05, 0) is 55.8 Å². The minimum Gasteiger partial charge on any atom is -0.354 e. The Morgan fingerprint density at radius 1 is 0.929 bits per heavy atom. The van der Waals surface area contributed by atoms with Crippen LogP contribution in [0, 0.1) is 0 Å². The number of nitrogens with one attached hydrogen (secondary N) is 1. The first-order valence-electron chi connectivity index (χ1n) is 9.96. The van der Waals surface area contributed by atoms with Crippen molar-refractivity contribution in [2.75, 3.05) is 6.54 Å². The van der Waals surface area contributed by atoms with Gasteiger partial charge in [-0.25, -0.2) is 0 Å². The Morgan fingerprint density at radius 3 is 2.43 bits per heavy atom. The number of hydrogen-bond donors (Lipinski definition) is 2. The number of aromatic amines is 1. The van der Waals surface area contributed by atoms with E-state index in [1.54, 1.807) is 12.1 Å². The number of halogens is 3. The van der Waals surface area contributed by atoms with Crippen LogP contribution in [0.25, 0.3) is 22.2 Å². The summed E-state index contributed by atoms with van der Waals surface area (Å²) in [6, 6.07) is 11.9. The van der Waals surface area contributed by atoms with Gasteiger partial charge < -0.3 is 10.7 Å². The Kier molecular flexibility index (Phi) is 6.45. The van der Waals surface area contributed by atoms with E-state index in [4.69, 9.17) is 5.73 Å². The zero-order chi connectivity index (χ0) is 20.1. The van der Waals surface area contributed by atoms with Crippen LogP contribution in [0.4, 0.5) is 13.2 Å². The second-order valence-electron chi connectivity index (χ2n) is 7.21. The molecule has 0 unspecified atom stereocenters. The molecule has 0 radical (unpaired) electrons. The SMILES string of the molecule is CCCCc1cccc2c(CCCCN)c(-c3ccccc3C(F)(F)F)[nH]c12. The summed E-state index contributed by atoms with van der Waals surface area (Å²) in [6.07, 6.45) is 1.05. The predicted molar refractivity (Wildman–Crippen MR) is 109 cm³/mol. The molecule has 0 aliphatic rings. The standard InChI is InChI=1S/C23H27F3N2/c1-2-3-9-16-10-8-13-17-18(11-6-7-15-27)22(28-21(16)17)19-12-4-5-14-20(19)23(24,25)26/h4-5,8,10,12-14,28H,2-3,6-7,9,11,15,27H2,1H3. The van der Waals surface area contributed by atoms with Gasteiger partial charge in [0.15, 0.2) is 0 Å². The summed E-state index contributed by atoms with van der Waals surface area (Å²) in [4.78, 5) is 3.37. The van der Waals surface area contributed by atoms with Crippen molar-refractivity contribution < 1.29 is 13.2 Å². The van der Waals surface area contributed by atoms with Gasteiger partial charge in [0, 0.05) is 16.5 Å². The highest BCUT2D eigenvalue weighted by Gasteiger charge is 2.34. The molecule has 150 valence electrons. The number of hydrogen-bond acceptors (Lipinski definition) is 1. The lowest BCUT2D eigenvalue weighted by Crippen LogP contribution is -2.07. The zero-order valence-electron chi connectivity index (χ0n) is 16.2. The van der Waals surface area contributed by atoms with Crippen molar-refractivity contribution in [2.45, 2.75) is 51.6 Å². The van der Waals surface area contributed by atoms with Gasteiger partial charge in [0.2, 0.25) is 0 Å². The minimum absolute atomic E-state index is 0.218. The summed E-state index contributed by atoms with van der Waals surface area (Å²) in [5.74, 6) is 0. The minimum atomic E-state index is -4.40. The first-order valence-corrected chi connectivity index (χ1v) is 9.96. The van der Waals surface area contributed by atoms with Crippen molar-refractivity contribution in [3.63, 3.8) is 0 Å². The number of unbranched alkanes of at least 4 members (excludes halogenated alkanes) is 2. The predicted octanol–water partition coefficient (Wildman–Crippen LogP) is 6.48. The van der Waals surface area contributed by atoms with E-state index in [2.05, 4.69) is 18.0 Å². The maximum Gasteiger partial charge on any atom is 0.417 e. The topological polar surface area (TPSA) is 41.8 Å². The summed E-state index contributed by atoms with van der Waals surface area (Å²) >= 11 is 0. The van der Waals surface area contributed by atoms with Gasteiger partial charge in [0.25, 0.3) is 0 Å². The summed E-state index contributed by atoms with van der Waals surface area (Å²) in [5, 5.41) is 1.03. The molecule has 1 aromatic heterocycles. The molecule has 3 aromatic rings. The number of para-hydroxylation sites is 1. The molecular weight excluding hydrogens is 361 g/mol. The van der Waals surface area contributed by atoms with E-state index in [0.29, 0.717) is 18.7 Å². The third kappa shape index (κ3) is 4.25. The van der Waals surface area contributed by atoms with Crippen LogP contribution in [-0.2, 0) is 19.0 Å². The van der Waals surface area contributed by atoms with Crippen LogP contribution >= 0.6 is 0 Å². The zero-order valence-corrected chi connectivity index (χ0v) is 16.2. The molecule has 0 saturated carbocycles. The first kappa shape index (κ1) is 20.5. The first-order chi connectivity index (χ1) is 13.5. The number of nitrogens with two attached hydrogens (primary N) is 1. The fraction of sp³-hybridized carbons (Fsp3) is 0.391. The smallest absolute Gasteiger partial charge is 0.354 e. The lowest BCUT2D eigenvalue weighted by molar-refractivity contribution is -0.137. The monoisotopic (exact) mass is 388 g/mol. The largest absolute Gasteiger partial charge is 0.417 e. The van der Waals surface area contributed by atoms with Crippen molar-refractivity contribution in [1.82, 2.24) is 4.98 Å². The van der Waals surface area contributed by atoms with Crippen molar-refractivity contribution in [1.29, 1.82) is 0 Å². The lowest BCUT2D eigenvalue weighted by Gasteiger charge is -2.13. The highest BCUT2D eigenvalue weighted by Crippen LogP contribution is 2.40. The van der Waals surface area contributed by atoms with Crippen molar-refractivity contribution in [3.8, 4) is 11.3 Å². The molecular formula is C23H27F3N2. The Bertz CT molecular complexity index is 925. The van der Waals surface area contributed by atoms with E-state index in [1.165, 1.54) is 6.07 Å². The molecule has 0 fully saturated rings. The average Bonchev–Trinajstić information content (AvgIpc) is 3.05. The molecule has 2 nitrogen and oxygen atoms in total. The van der Waals surface area contributed by atoms with Crippen LogP contribution in [0.5, 0.6) is 0 Å². The average molecular weight is 388 g/mol. The fourth-order valence-corrected chi connectivity index (χ4v) is 3.79. The number of aromatic nitrogens is 1.